The van der Waals surface area contributed by atoms with Crippen molar-refractivity contribution in [1.29, 1.82) is 0 Å². The fraction of sp³-hybridized carbons (Fsp3) is 1.00. The van der Waals surface area contributed by atoms with Crippen LogP contribution in [0.15, 0.2) is 0 Å². The molecule has 23 heavy (non-hydrogen) atoms. The largest absolute Gasteiger partial charge is 0.437 e. The average molecular weight is 407 g/mol. The van der Waals surface area contributed by atoms with Crippen molar-refractivity contribution in [3.8, 4) is 0 Å². The van der Waals surface area contributed by atoms with Gasteiger partial charge in [-0.3, -0.25) is 0 Å². The Morgan fingerprint density at radius 3 is 1.22 bits per heavy atom. The van der Waals surface area contributed by atoms with E-state index in [-0.39, 0.29) is 44.6 Å². The molecule has 0 heterocycles. The molecular weight excluding hydrogens is 353 g/mol. The first-order valence-corrected chi connectivity index (χ1v) is 18.5. The van der Waals surface area contributed by atoms with E-state index in [1.54, 1.807) is 0 Å². The van der Waals surface area contributed by atoms with Crippen LogP contribution in [-0.4, -0.2) is 40.5 Å². The van der Waals surface area contributed by atoms with E-state index in [9.17, 15) is 0 Å². The molecule has 0 aliphatic carbocycles. The maximum absolute atomic E-state index is 6.24. The molecule has 0 aromatic rings. The van der Waals surface area contributed by atoms with Gasteiger partial charge in [0.05, 0.1) is 8.80 Å². The van der Waals surface area contributed by atoms with Crippen LogP contribution in [0.5, 0.6) is 0 Å². The monoisotopic (exact) mass is 406 g/mol. The maximum Gasteiger partial charge on any atom is 0.322 e. The van der Waals surface area contributed by atoms with Gasteiger partial charge >= 0.3 is 17.1 Å². The minimum atomic E-state index is -2.03. The molecule has 0 aromatic carbocycles. The Morgan fingerprint density at radius 2 is 0.957 bits per heavy atom. The first kappa shape index (κ1) is 43.8. The summed E-state index contributed by atoms with van der Waals surface area (Å²) in [5.74, 6) is 0. The predicted octanol–water partition coefficient (Wildman–Crippen LogP) is 7.12. The summed E-state index contributed by atoms with van der Waals surface area (Å²) >= 11 is 0. The van der Waals surface area contributed by atoms with Crippen LogP contribution in [0.4, 0.5) is 0 Å². The lowest BCUT2D eigenvalue weighted by Crippen LogP contribution is -2.53. The highest BCUT2D eigenvalue weighted by Gasteiger charge is 2.39. The van der Waals surface area contributed by atoms with Crippen molar-refractivity contribution >= 4 is 34.2 Å². The fourth-order valence-electron chi connectivity index (χ4n) is 1.75. The number of rotatable bonds is 7. The highest BCUT2D eigenvalue weighted by atomic mass is 28.5. The molecule has 0 aromatic heterocycles. The van der Waals surface area contributed by atoms with Crippen LogP contribution >= 0.6 is 0 Å². The summed E-state index contributed by atoms with van der Waals surface area (Å²) in [7, 11) is -6.23. The molecule has 0 spiro atoms. The van der Waals surface area contributed by atoms with Crippen molar-refractivity contribution in [3.63, 3.8) is 0 Å². The third-order valence-corrected chi connectivity index (χ3v) is 12.2. The highest BCUT2D eigenvalue weighted by Crippen LogP contribution is 2.20. The Kier molecular flexibility index (Phi) is 30.9. The van der Waals surface area contributed by atoms with Crippen molar-refractivity contribution < 1.29 is 12.7 Å². The summed E-state index contributed by atoms with van der Waals surface area (Å²) in [6, 6.07) is 0. The molecule has 0 atom stereocenters. The van der Waals surface area contributed by atoms with E-state index in [2.05, 4.69) is 58.9 Å². The molecule has 0 amide bonds. The molecule has 0 rings (SSSR count). The summed E-state index contributed by atoms with van der Waals surface area (Å²) in [6.45, 7) is 19.8. The van der Waals surface area contributed by atoms with Gasteiger partial charge in [0, 0.05) is 6.23 Å². The quantitative estimate of drug-likeness (QED) is 0.421. The van der Waals surface area contributed by atoms with Crippen molar-refractivity contribution in [2.45, 2.75) is 103 Å². The van der Waals surface area contributed by atoms with Crippen LogP contribution in [0.1, 0.15) is 44.6 Å². The van der Waals surface area contributed by atoms with E-state index in [4.69, 9.17) is 12.7 Å². The van der Waals surface area contributed by atoms with Crippen LogP contribution in [-0.2, 0) is 12.7 Å². The van der Waals surface area contributed by atoms with Crippen molar-refractivity contribution in [1.82, 2.24) is 0 Å². The molecule has 0 bridgehead atoms. The third-order valence-electron chi connectivity index (χ3n) is 1.81. The average Bonchev–Trinajstić information content (AvgIpc) is 1.93. The number of hydrogen-bond donors (Lipinski definition) is 0. The Balaban J connectivity index is -0.0000000853. The Hall–Kier alpha value is 0.748. The Labute approximate surface area is 156 Å². The summed E-state index contributed by atoms with van der Waals surface area (Å²) in [6.07, 6.45) is 0.913. The normalized spacial score (nSPS) is 10.7. The molecule has 0 saturated carbocycles. The summed E-state index contributed by atoms with van der Waals surface area (Å²) in [5, 5.41) is 0. The molecule has 0 N–H and O–H groups in total. The van der Waals surface area contributed by atoms with Crippen LogP contribution in [0.3, 0.4) is 0 Å². The van der Waals surface area contributed by atoms with Crippen LogP contribution in [0.2, 0.25) is 58.9 Å². The second-order valence-corrected chi connectivity index (χ2v) is 21.7. The molecule has 0 unspecified atom stereocenters. The molecule has 0 aliphatic heterocycles. The lowest BCUT2D eigenvalue weighted by Gasteiger charge is -2.37. The van der Waals surface area contributed by atoms with Gasteiger partial charge in [0.1, 0.15) is 0 Å². The summed E-state index contributed by atoms with van der Waals surface area (Å²) in [5.41, 5.74) is 0. The smallest absolute Gasteiger partial charge is 0.322 e. The van der Waals surface area contributed by atoms with E-state index < -0.39 is 34.2 Å². The second kappa shape index (κ2) is 16.2. The van der Waals surface area contributed by atoms with Gasteiger partial charge in [0.25, 0.3) is 0 Å². The summed E-state index contributed by atoms with van der Waals surface area (Å²) < 4.78 is 18.4. The first-order chi connectivity index (χ1) is 7.33. The van der Waals surface area contributed by atoms with E-state index in [1.165, 1.54) is 0 Å². The van der Waals surface area contributed by atoms with E-state index in [0.29, 0.717) is 0 Å². The molecule has 0 radical (unpaired) electrons. The lowest BCUT2D eigenvalue weighted by atomic mass is 11.7. The SMILES string of the molecule is C.C.C.C.C.C.C[SiH](C)CO[Si](C)(C)O[Si](C)(C)O[Si](C)(C)C. The standard InChI is InChI=1S/C10H30O3Si4.6CH4/c1-14(2)10-11-16(6,7)13-17(8,9)12-15(3,4)5;;;;;;/h14H,10H2,1-9H3;6*1H4. The predicted molar refractivity (Wildman–Crippen MR) is 126 cm³/mol. The molecule has 0 aliphatic rings. The third kappa shape index (κ3) is 27.9. The zero-order valence-corrected chi connectivity index (χ0v) is 17.2. The maximum atomic E-state index is 6.24. The highest BCUT2D eigenvalue weighted by molar-refractivity contribution is 6.86. The minimum absolute atomic E-state index is 0. The van der Waals surface area contributed by atoms with Gasteiger partial charge in [-0.15, -0.1) is 0 Å². The van der Waals surface area contributed by atoms with Crippen molar-refractivity contribution in [2.75, 3.05) is 6.23 Å². The van der Waals surface area contributed by atoms with Crippen molar-refractivity contribution in [3.05, 3.63) is 0 Å². The van der Waals surface area contributed by atoms with Crippen LogP contribution in [0, 0.1) is 0 Å². The molecule has 7 heteroatoms. The molecule has 3 nitrogen and oxygen atoms in total. The van der Waals surface area contributed by atoms with Gasteiger partial charge in [0.15, 0.2) is 8.32 Å². The van der Waals surface area contributed by atoms with Crippen LogP contribution < -0.4 is 0 Å². The molecule has 0 saturated heterocycles. The Bertz CT molecular complexity index is 240. The second-order valence-electron chi connectivity index (χ2n) is 6.82. The molecular formula is C16H54O3Si4. The van der Waals surface area contributed by atoms with E-state index in [1.807, 2.05) is 0 Å². The Morgan fingerprint density at radius 1 is 0.609 bits per heavy atom. The van der Waals surface area contributed by atoms with E-state index >= 15 is 0 Å². The number of hydrogen-bond acceptors (Lipinski definition) is 3. The topological polar surface area (TPSA) is 27.7 Å². The zero-order valence-electron chi connectivity index (χ0n) is 13.0. The van der Waals surface area contributed by atoms with Gasteiger partial charge in [-0.1, -0.05) is 57.7 Å². The molecule has 0 fully saturated rings. The van der Waals surface area contributed by atoms with Crippen molar-refractivity contribution in [2.24, 2.45) is 0 Å². The van der Waals surface area contributed by atoms with Gasteiger partial charge in [-0.05, 0) is 45.8 Å². The molecule has 152 valence electrons. The zero-order chi connectivity index (χ0) is 13.9. The van der Waals surface area contributed by atoms with Gasteiger partial charge in [-0.2, -0.15) is 0 Å². The fourth-order valence-corrected chi connectivity index (χ4v) is 16.1. The van der Waals surface area contributed by atoms with E-state index in [0.717, 1.165) is 6.23 Å². The first-order valence-electron chi connectivity index (χ1n) is 6.37. The van der Waals surface area contributed by atoms with Crippen LogP contribution in [0.25, 0.3) is 0 Å². The van der Waals surface area contributed by atoms with Gasteiger partial charge in [-0.25, -0.2) is 0 Å². The minimum Gasteiger partial charge on any atom is -0.437 e. The van der Waals surface area contributed by atoms with Gasteiger partial charge in [0.2, 0.25) is 0 Å². The lowest BCUT2D eigenvalue weighted by molar-refractivity contribution is 0.264. The summed E-state index contributed by atoms with van der Waals surface area (Å²) in [4.78, 5) is 0. The van der Waals surface area contributed by atoms with Gasteiger partial charge < -0.3 is 12.7 Å².